The smallest absolute Gasteiger partial charge is 0.407 e. The Bertz CT molecular complexity index is 1290. The van der Waals surface area contributed by atoms with Gasteiger partial charge < -0.3 is 30.1 Å². The molecule has 0 spiro atoms. The van der Waals surface area contributed by atoms with Gasteiger partial charge in [-0.2, -0.15) is 0 Å². The predicted octanol–water partition coefficient (Wildman–Crippen LogP) is 5.70. The molecule has 0 saturated heterocycles. The van der Waals surface area contributed by atoms with Gasteiger partial charge in [0.15, 0.2) is 11.5 Å². The Morgan fingerprint density at radius 2 is 1.77 bits per heavy atom. The molecule has 3 aromatic rings. The van der Waals surface area contributed by atoms with Crippen LogP contribution in [0.4, 0.5) is 16.4 Å². The second-order valence-corrected chi connectivity index (χ2v) is 10.3. The van der Waals surface area contributed by atoms with E-state index in [0.717, 1.165) is 23.2 Å². The highest BCUT2D eigenvalue weighted by atomic mass is 16.5. The molecule has 0 fully saturated rings. The SMILES string of the molecule is COc1ccc(CCNc2nccc(-c3cccc(NC(=O)CCCCN(C(=O)O)C(C)(C)C)c3)n2)cc1OC. The molecule has 0 aliphatic rings. The van der Waals surface area contributed by atoms with Gasteiger partial charge in [0, 0.05) is 42.5 Å². The van der Waals surface area contributed by atoms with E-state index in [9.17, 15) is 14.7 Å². The molecule has 40 heavy (non-hydrogen) atoms. The van der Waals surface area contributed by atoms with Crippen LogP contribution in [0.3, 0.4) is 0 Å². The van der Waals surface area contributed by atoms with E-state index in [1.54, 1.807) is 20.4 Å². The summed E-state index contributed by atoms with van der Waals surface area (Å²) in [6, 6.07) is 15.2. The lowest BCUT2D eigenvalue weighted by Crippen LogP contribution is -2.45. The molecule has 10 nitrogen and oxygen atoms in total. The fourth-order valence-corrected chi connectivity index (χ4v) is 4.21. The van der Waals surface area contributed by atoms with Crippen LogP contribution in [-0.4, -0.2) is 64.8 Å². The number of carboxylic acid groups (broad SMARTS) is 1. The summed E-state index contributed by atoms with van der Waals surface area (Å²) in [6.07, 6.45) is 3.01. The van der Waals surface area contributed by atoms with Crippen LogP contribution < -0.4 is 20.1 Å². The first-order chi connectivity index (χ1) is 19.1. The summed E-state index contributed by atoms with van der Waals surface area (Å²) < 4.78 is 10.7. The van der Waals surface area contributed by atoms with Gasteiger partial charge in [-0.3, -0.25) is 4.79 Å². The first-order valence-electron chi connectivity index (χ1n) is 13.3. The average molecular weight is 550 g/mol. The summed E-state index contributed by atoms with van der Waals surface area (Å²) in [7, 11) is 3.23. The number of hydrogen-bond acceptors (Lipinski definition) is 7. The predicted molar refractivity (Wildman–Crippen MR) is 156 cm³/mol. The van der Waals surface area contributed by atoms with Crippen LogP contribution in [-0.2, 0) is 11.2 Å². The number of unbranched alkanes of at least 4 members (excludes halogenated alkanes) is 1. The van der Waals surface area contributed by atoms with Gasteiger partial charge >= 0.3 is 6.09 Å². The van der Waals surface area contributed by atoms with Crippen molar-refractivity contribution in [3.05, 3.63) is 60.3 Å². The Labute approximate surface area is 235 Å². The summed E-state index contributed by atoms with van der Waals surface area (Å²) in [5.74, 6) is 1.78. The Balaban J connectivity index is 1.52. The fourth-order valence-electron chi connectivity index (χ4n) is 4.21. The standard InChI is InChI=1S/C30H39N5O5/c1-30(2,3)35(29(37)38)18-7-6-11-27(36)33-23-10-8-9-22(20-23)24-15-17-32-28(34-24)31-16-14-21-12-13-25(39-4)26(19-21)40-5/h8-10,12-13,15,17,19-20H,6-7,11,14,16,18H2,1-5H3,(H,33,36)(H,37,38)(H,31,32,34). The molecule has 0 aliphatic heterocycles. The summed E-state index contributed by atoms with van der Waals surface area (Å²) in [4.78, 5) is 34.3. The number of ether oxygens (including phenoxy) is 2. The lowest BCUT2D eigenvalue weighted by atomic mass is 10.1. The lowest BCUT2D eigenvalue weighted by molar-refractivity contribution is -0.116. The molecule has 3 N–H and O–H groups in total. The normalized spacial score (nSPS) is 11.0. The highest BCUT2D eigenvalue weighted by Gasteiger charge is 2.25. The summed E-state index contributed by atoms with van der Waals surface area (Å²) in [6.45, 7) is 6.60. The van der Waals surface area contributed by atoms with Crippen LogP contribution in [0.1, 0.15) is 45.6 Å². The van der Waals surface area contributed by atoms with Crippen molar-refractivity contribution in [3.8, 4) is 22.8 Å². The molecule has 0 atom stereocenters. The van der Waals surface area contributed by atoms with Crippen molar-refractivity contribution in [2.45, 2.75) is 52.0 Å². The number of aromatic nitrogens is 2. The summed E-state index contributed by atoms with van der Waals surface area (Å²) in [5, 5.41) is 15.6. The zero-order valence-electron chi connectivity index (χ0n) is 23.9. The molecule has 0 unspecified atom stereocenters. The largest absolute Gasteiger partial charge is 0.493 e. The molecule has 0 saturated carbocycles. The number of nitrogens with one attached hydrogen (secondary N) is 2. The van der Waals surface area contributed by atoms with E-state index in [1.165, 1.54) is 4.90 Å². The zero-order valence-corrected chi connectivity index (χ0v) is 23.9. The summed E-state index contributed by atoms with van der Waals surface area (Å²) in [5.41, 5.74) is 2.88. The van der Waals surface area contributed by atoms with Crippen LogP contribution in [0.2, 0.25) is 0 Å². The van der Waals surface area contributed by atoms with E-state index >= 15 is 0 Å². The second-order valence-electron chi connectivity index (χ2n) is 10.3. The first-order valence-corrected chi connectivity index (χ1v) is 13.3. The van der Waals surface area contributed by atoms with Crippen LogP contribution in [0.25, 0.3) is 11.3 Å². The maximum Gasteiger partial charge on any atom is 0.407 e. The number of rotatable bonds is 13. The molecule has 0 radical (unpaired) electrons. The van der Waals surface area contributed by atoms with E-state index in [4.69, 9.17) is 9.47 Å². The number of anilines is 2. The topological polar surface area (TPSA) is 126 Å². The highest BCUT2D eigenvalue weighted by molar-refractivity contribution is 5.91. The van der Waals surface area contributed by atoms with Crippen molar-refractivity contribution in [1.82, 2.24) is 14.9 Å². The maximum atomic E-state index is 12.5. The van der Waals surface area contributed by atoms with Crippen LogP contribution in [0.5, 0.6) is 11.5 Å². The number of hydrogen-bond donors (Lipinski definition) is 3. The molecule has 3 rings (SSSR count). The molecule has 1 heterocycles. The molecule has 0 aliphatic carbocycles. The van der Waals surface area contributed by atoms with E-state index in [2.05, 4.69) is 20.6 Å². The fraction of sp³-hybridized carbons (Fsp3) is 0.400. The minimum atomic E-state index is -0.949. The third kappa shape index (κ3) is 8.86. The molecule has 0 bridgehead atoms. The zero-order chi connectivity index (χ0) is 29.1. The van der Waals surface area contributed by atoms with E-state index in [0.29, 0.717) is 55.5 Å². The minimum absolute atomic E-state index is 0.116. The van der Waals surface area contributed by atoms with Gasteiger partial charge in [0.1, 0.15) is 0 Å². The monoisotopic (exact) mass is 549 g/mol. The number of methoxy groups -OCH3 is 2. The average Bonchev–Trinajstić information content (AvgIpc) is 2.92. The quantitative estimate of drug-likeness (QED) is 0.232. The molecule has 2 aromatic carbocycles. The van der Waals surface area contributed by atoms with Crippen molar-refractivity contribution in [3.63, 3.8) is 0 Å². The van der Waals surface area contributed by atoms with Crippen LogP contribution in [0.15, 0.2) is 54.7 Å². The molecule has 10 heteroatoms. The highest BCUT2D eigenvalue weighted by Crippen LogP contribution is 2.28. The number of carbonyl (C=O) groups excluding carboxylic acids is 1. The molecular weight excluding hydrogens is 510 g/mol. The Morgan fingerprint density at radius 1 is 1.00 bits per heavy atom. The third-order valence-electron chi connectivity index (χ3n) is 6.32. The Kier molecular flexibility index (Phi) is 10.7. The van der Waals surface area contributed by atoms with Crippen molar-refractivity contribution >= 4 is 23.6 Å². The Hall–Kier alpha value is -4.34. The van der Waals surface area contributed by atoms with E-state index in [1.807, 2.05) is 69.3 Å². The van der Waals surface area contributed by atoms with Gasteiger partial charge in [-0.1, -0.05) is 18.2 Å². The molecule has 1 aromatic heterocycles. The van der Waals surface area contributed by atoms with Crippen molar-refractivity contribution in [2.24, 2.45) is 0 Å². The lowest BCUT2D eigenvalue weighted by Gasteiger charge is -2.33. The van der Waals surface area contributed by atoms with Gasteiger partial charge in [-0.05, 0) is 75.9 Å². The van der Waals surface area contributed by atoms with Gasteiger partial charge in [0.05, 0.1) is 19.9 Å². The number of benzene rings is 2. The molecular formula is C30H39N5O5. The third-order valence-corrected chi connectivity index (χ3v) is 6.32. The molecule has 2 amide bonds. The Morgan fingerprint density at radius 3 is 2.48 bits per heavy atom. The van der Waals surface area contributed by atoms with Gasteiger partial charge in [0.25, 0.3) is 0 Å². The van der Waals surface area contributed by atoms with Crippen LogP contribution >= 0.6 is 0 Å². The number of carbonyl (C=O) groups is 2. The summed E-state index contributed by atoms with van der Waals surface area (Å²) >= 11 is 0. The van der Waals surface area contributed by atoms with Gasteiger partial charge in [-0.15, -0.1) is 0 Å². The van der Waals surface area contributed by atoms with Crippen LogP contribution in [0, 0.1) is 0 Å². The first kappa shape index (κ1) is 30.2. The molecule has 214 valence electrons. The minimum Gasteiger partial charge on any atom is -0.493 e. The van der Waals surface area contributed by atoms with Gasteiger partial charge in [0.2, 0.25) is 11.9 Å². The van der Waals surface area contributed by atoms with Crippen molar-refractivity contribution in [2.75, 3.05) is 37.9 Å². The van der Waals surface area contributed by atoms with Gasteiger partial charge in [-0.25, -0.2) is 14.8 Å². The number of nitrogens with zero attached hydrogens (tertiary/aromatic N) is 3. The van der Waals surface area contributed by atoms with Crippen molar-refractivity contribution < 1.29 is 24.2 Å². The number of amides is 2. The van der Waals surface area contributed by atoms with E-state index < -0.39 is 11.6 Å². The second kappa shape index (κ2) is 14.2. The maximum absolute atomic E-state index is 12.5. The van der Waals surface area contributed by atoms with E-state index in [-0.39, 0.29) is 5.91 Å². The van der Waals surface area contributed by atoms with Crippen molar-refractivity contribution in [1.29, 1.82) is 0 Å².